The lowest BCUT2D eigenvalue weighted by molar-refractivity contribution is -0.000185. The molecule has 5 heteroatoms. The SMILES string of the molecule is Cn1cc(COC2CCC(CO)CC2)nn1. The number of rotatable bonds is 4. The predicted octanol–water partition coefficient (Wildman–Crippen LogP) is 0.883. The van der Waals surface area contributed by atoms with Gasteiger partial charge in [-0.15, -0.1) is 5.10 Å². The third kappa shape index (κ3) is 3.02. The maximum absolute atomic E-state index is 9.03. The number of aromatic nitrogens is 3. The van der Waals surface area contributed by atoms with E-state index >= 15 is 0 Å². The first-order valence-electron chi connectivity index (χ1n) is 5.85. The Morgan fingerprint density at radius 2 is 2.19 bits per heavy atom. The van der Waals surface area contributed by atoms with Gasteiger partial charge in [-0.1, -0.05) is 5.21 Å². The minimum atomic E-state index is 0.316. The van der Waals surface area contributed by atoms with E-state index in [2.05, 4.69) is 10.3 Å². The smallest absolute Gasteiger partial charge is 0.108 e. The Bertz CT molecular complexity index is 319. The molecule has 0 radical (unpaired) electrons. The second-order valence-corrected chi connectivity index (χ2v) is 4.52. The Morgan fingerprint density at radius 1 is 1.44 bits per heavy atom. The van der Waals surface area contributed by atoms with Crippen molar-refractivity contribution in [2.75, 3.05) is 6.61 Å². The van der Waals surface area contributed by atoms with Gasteiger partial charge in [-0.05, 0) is 31.6 Å². The number of ether oxygens (including phenoxy) is 1. The second-order valence-electron chi connectivity index (χ2n) is 4.52. The van der Waals surface area contributed by atoms with Gasteiger partial charge in [0, 0.05) is 13.7 Å². The topological polar surface area (TPSA) is 60.2 Å². The highest BCUT2D eigenvalue weighted by molar-refractivity contribution is 4.89. The third-order valence-corrected chi connectivity index (χ3v) is 3.17. The number of aliphatic hydroxyl groups excluding tert-OH is 1. The van der Waals surface area contributed by atoms with Gasteiger partial charge in [0.1, 0.15) is 5.69 Å². The molecule has 0 amide bonds. The van der Waals surface area contributed by atoms with Crippen LogP contribution in [0.3, 0.4) is 0 Å². The Labute approximate surface area is 95.4 Å². The molecule has 5 nitrogen and oxygen atoms in total. The largest absolute Gasteiger partial charge is 0.396 e. The molecule has 1 fully saturated rings. The van der Waals surface area contributed by atoms with Crippen molar-refractivity contribution in [3.8, 4) is 0 Å². The highest BCUT2D eigenvalue weighted by Gasteiger charge is 2.21. The zero-order valence-corrected chi connectivity index (χ0v) is 9.67. The molecule has 1 aliphatic rings. The van der Waals surface area contributed by atoms with E-state index in [0.29, 0.717) is 25.2 Å². The Hall–Kier alpha value is -0.940. The fourth-order valence-corrected chi connectivity index (χ4v) is 2.15. The molecule has 16 heavy (non-hydrogen) atoms. The van der Waals surface area contributed by atoms with Crippen LogP contribution < -0.4 is 0 Å². The highest BCUT2D eigenvalue weighted by atomic mass is 16.5. The van der Waals surface area contributed by atoms with E-state index < -0.39 is 0 Å². The minimum Gasteiger partial charge on any atom is -0.396 e. The summed E-state index contributed by atoms with van der Waals surface area (Å²) in [7, 11) is 1.85. The molecule has 90 valence electrons. The van der Waals surface area contributed by atoms with E-state index in [0.717, 1.165) is 31.4 Å². The lowest BCUT2D eigenvalue weighted by Gasteiger charge is -2.26. The molecular weight excluding hydrogens is 206 g/mol. The van der Waals surface area contributed by atoms with Crippen LogP contribution in [0.1, 0.15) is 31.4 Å². The second kappa shape index (κ2) is 5.41. The summed E-state index contributed by atoms with van der Waals surface area (Å²) >= 11 is 0. The molecule has 1 saturated carbocycles. The minimum absolute atomic E-state index is 0.316. The van der Waals surface area contributed by atoms with Crippen molar-refractivity contribution in [1.82, 2.24) is 15.0 Å². The predicted molar refractivity (Wildman–Crippen MR) is 58.6 cm³/mol. The molecular formula is C11H19N3O2. The summed E-state index contributed by atoms with van der Waals surface area (Å²) in [6, 6.07) is 0. The molecule has 0 spiro atoms. The molecule has 1 aromatic heterocycles. The summed E-state index contributed by atoms with van der Waals surface area (Å²) in [6.45, 7) is 0.860. The van der Waals surface area contributed by atoms with Crippen LogP contribution in [0.15, 0.2) is 6.20 Å². The molecule has 1 aliphatic carbocycles. The van der Waals surface area contributed by atoms with Crippen molar-refractivity contribution in [2.24, 2.45) is 13.0 Å². The number of hydrogen-bond donors (Lipinski definition) is 1. The van der Waals surface area contributed by atoms with Crippen molar-refractivity contribution in [2.45, 2.75) is 38.4 Å². The van der Waals surface area contributed by atoms with Crippen LogP contribution in [-0.2, 0) is 18.4 Å². The maximum Gasteiger partial charge on any atom is 0.108 e. The Kier molecular flexibility index (Phi) is 3.90. The first kappa shape index (κ1) is 11.5. The van der Waals surface area contributed by atoms with Crippen LogP contribution in [0.2, 0.25) is 0 Å². The zero-order valence-electron chi connectivity index (χ0n) is 9.67. The van der Waals surface area contributed by atoms with E-state index in [1.807, 2.05) is 13.2 Å². The standard InChI is InChI=1S/C11H19N3O2/c1-14-6-10(12-13-14)8-16-11-4-2-9(7-15)3-5-11/h6,9,11,15H,2-5,7-8H2,1H3. The molecule has 0 saturated heterocycles. The van der Waals surface area contributed by atoms with Gasteiger partial charge in [0.05, 0.1) is 18.9 Å². The van der Waals surface area contributed by atoms with E-state index in [-0.39, 0.29) is 0 Å². The average molecular weight is 225 g/mol. The van der Waals surface area contributed by atoms with Gasteiger partial charge >= 0.3 is 0 Å². The first-order valence-corrected chi connectivity index (χ1v) is 5.85. The number of aliphatic hydroxyl groups is 1. The monoisotopic (exact) mass is 225 g/mol. The van der Waals surface area contributed by atoms with Crippen LogP contribution in [0.4, 0.5) is 0 Å². The lowest BCUT2D eigenvalue weighted by Crippen LogP contribution is -2.23. The third-order valence-electron chi connectivity index (χ3n) is 3.17. The van der Waals surface area contributed by atoms with Crippen molar-refractivity contribution >= 4 is 0 Å². The number of aryl methyl sites for hydroxylation is 1. The highest BCUT2D eigenvalue weighted by Crippen LogP contribution is 2.26. The van der Waals surface area contributed by atoms with Gasteiger partial charge in [-0.2, -0.15) is 0 Å². The molecule has 2 rings (SSSR count). The van der Waals surface area contributed by atoms with Crippen LogP contribution in [0, 0.1) is 5.92 Å². The van der Waals surface area contributed by atoms with Crippen molar-refractivity contribution in [1.29, 1.82) is 0 Å². The van der Waals surface area contributed by atoms with Gasteiger partial charge in [-0.3, -0.25) is 4.68 Å². The molecule has 0 bridgehead atoms. The van der Waals surface area contributed by atoms with E-state index in [1.165, 1.54) is 0 Å². The summed E-state index contributed by atoms with van der Waals surface area (Å²) in [5.74, 6) is 0.483. The van der Waals surface area contributed by atoms with E-state index in [1.54, 1.807) is 4.68 Å². The number of nitrogens with zero attached hydrogens (tertiary/aromatic N) is 3. The van der Waals surface area contributed by atoms with Crippen molar-refractivity contribution in [3.05, 3.63) is 11.9 Å². The summed E-state index contributed by atoms with van der Waals surface area (Å²) in [6.07, 6.45) is 6.43. The molecule has 1 N–H and O–H groups in total. The van der Waals surface area contributed by atoms with Gasteiger partial charge in [0.25, 0.3) is 0 Å². The fourth-order valence-electron chi connectivity index (χ4n) is 2.15. The molecule has 0 unspecified atom stereocenters. The van der Waals surface area contributed by atoms with Gasteiger partial charge < -0.3 is 9.84 Å². The molecule has 0 atom stereocenters. The van der Waals surface area contributed by atoms with Gasteiger partial charge in [0.2, 0.25) is 0 Å². The summed E-state index contributed by atoms with van der Waals surface area (Å²) < 4.78 is 7.46. The normalized spacial score (nSPS) is 25.9. The van der Waals surface area contributed by atoms with Crippen LogP contribution in [-0.4, -0.2) is 32.8 Å². The van der Waals surface area contributed by atoms with Gasteiger partial charge in [-0.25, -0.2) is 0 Å². The van der Waals surface area contributed by atoms with Gasteiger partial charge in [0.15, 0.2) is 0 Å². The lowest BCUT2D eigenvalue weighted by atomic mass is 9.88. The fraction of sp³-hybridized carbons (Fsp3) is 0.818. The first-order chi connectivity index (χ1) is 7.78. The molecule has 1 aromatic rings. The Morgan fingerprint density at radius 3 is 2.75 bits per heavy atom. The van der Waals surface area contributed by atoms with Crippen LogP contribution >= 0.6 is 0 Å². The van der Waals surface area contributed by atoms with Crippen molar-refractivity contribution in [3.63, 3.8) is 0 Å². The van der Waals surface area contributed by atoms with Crippen molar-refractivity contribution < 1.29 is 9.84 Å². The summed E-state index contributed by atoms with van der Waals surface area (Å²) in [5, 5.41) is 16.9. The Balaban J connectivity index is 1.71. The molecule has 0 aliphatic heterocycles. The number of hydrogen-bond acceptors (Lipinski definition) is 4. The quantitative estimate of drug-likeness (QED) is 0.826. The molecule has 0 aromatic carbocycles. The maximum atomic E-state index is 9.03. The van der Waals surface area contributed by atoms with Crippen LogP contribution in [0.25, 0.3) is 0 Å². The van der Waals surface area contributed by atoms with E-state index in [4.69, 9.17) is 9.84 Å². The zero-order chi connectivity index (χ0) is 11.4. The summed E-state index contributed by atoms with van der Waals surface area (Å²) in [4.78, 5) is 0. The average Bonchev–Trinajstić information content (AvgIpc) is 2.73. The molecule has 1 heterocycles. The van der Waals surface area contributed by atoms with E-state index in [9.17, 15) is 0 Å². The summed E-state index contributed by atoms with van der Waals surface area (Å²) in [5.41, 5.74) is 0.881. The van der Waals surface area contributed by atoms with Crippen LogP contribution in [0.5, 0.6) is 0 Å².